The summed E-state index contributed by atoms with van der Waals surface area (Å²) in [6.45, 7) is 0. The molecule has 2 nitrogen and oxygen atoms in total. The molecule has 254 valence electrons. The van der Waals surface area contributed by atoms with E-state index in [9.17, 15) is 0 Å². The second-order valence-electron chi connectivity index (χ2n) is 13.7. The second-order valence-corrected chi connectivity index (χ2v) is 13.7. The minimum absolute atomic E-state index is 0.921. The minimum atomic E-state index is 0.921. The van der Waals surface area contributed by atoms with Crippen LogP contribution in [0, 0.1) is 0 Å². The van der Waals surface area contributed by atoms with Gasteiger partial charge in [-0.3, -0.25) is 0 Å². The molecule has 10 aromatic rings. The van der Waals surface area contributed by atoms with Gasteiger partial charge < -0.3 is 9.32 Å². The lowest BCUT2D eigenvalue weighted by atomic mass is 9.97. The zero-order valence-corrected chi connectivity index (χ0v) is 29.6. The molecule has 0 amide bonds. The van der Waals surface area contributed by atoms with Crippen molar-refractivity contribution < 1.29 is 4.42 Å². The molecular weight excluding hydrogens is 655 g/mol. The summed E-state index contributed by atoms with van der Waals surface area (Å²) in [5.41, 5.74) is 14.7. The highest BCUT2D eigenvalue weighted by molar-refractivity contribution is 6.19. The van der Waals surface area contributed by atoms with Crippen molar-refractivity contribution in [2.75, 3.05) is 4.90 Å². The predicted molar refractivity (Wildman–Crippen MR) is 228 cm³/mol. The molecule has 0 saturated carbocycles. The Kier molecular flexibility index (Phi) is 7.85. The average molecular weight is 690 g/mol. The maximum Gasteiger partial charge on any atom is 0.136 e. The number of fused-ring (bicyclic) bond motifs is 5. The van der Waals surface area contributed by atoms with E-state index < -0.39 is 0 Å². The highest BCUT2D eigenvalue weighted by Gasteiger charge is 2.18. The van der Waals surface area contributed by atoms with Crippen LogP contribution in [-0.4, -0.2) is 0 Å². The number of hydrogen-bond donors (Lipinski definition) is 0. The summed E-state index contributed by atoms with van der Waals surface area (Å²) in [7, 11) is 0. The van der Waals surface area contributed by atoms with Gasteiger partial charge >= 0.3 is 0 Å². The van der Waals surface area contributed by atoms with Gasteiger partial charge in [0.05, 0.1) is 5.69 Å². The van der Waals surface area contributed by atoms with Crippen LogP contribution in [0.2, 0.25) is 0 Å². The van der Waals surface area contributed by atoms with E-state index in [1.54, 1.807) is 0 Å². The predicted octanol–water partition coefficient (Wildman–Crippen LogP) is 14.9. The lowest BCUT2D eigenvalue weighted by Gasteiger charge is -2.28. The molecule has 0 unspecified atom stereocenters. The summed E-state index contributed by atoms with van der Waals surface area (Å²) in [5.74, 6) is 0. The average Bonchev–Trinajstić information content (AvgIpc) is 3.64. The largest absolute Gasteiger partial charge is 0.456 e. The number of furan rings is 1. The lowest BCUT2D eigenvalue weighted by Crippen LogP contribution is -2.11. The van der Waals surface area contributed by atoms with Gasteiger partial charge in [0, 0.05) is 27.7 Å². The molecular formula is C52H35NO. The highest BCUT2D eigenvalue weighted by atomic mass is 16.3. The first kappa shape index (κ1) is 31.6. The van der Waals surface area contributed by atoms with Crippen molar-refractivity contribution in [3.63, 3.8) is 0 Å². The van der Waals surface area contributed by atoms with E-state index in [1.165, 1.54) is 60.7 Å². The van der Waals surface area contributed by atoms with Crippen LogP contribution >= 0.6 is 0 Å². The van der Waals surface area contributed by atoms with Crippen LogP contribution in [0.5, 0.6) is 0 Å². The first-order chi connectivity index (χ1) is 26.8. The van der Waals surface area contributed by atoms with Crippen molar-refractivity contribution in [1.82, 2.24) is 0 Å². The molecule has 0 radical (unpaired) electrons. The Labute approximate surface area is 314 Å². The zero-order valence-electron chi connectivity index (χ0n) is 29.6. The standard InChI is InChI=1S/C52H35NO/c1-3-11-36(12-4-1)37-19-21-38(22-20-37)39-23-29-44(30-24-39)53(49-17-9-7-15-46(49)41-13-5-2-6-14-41)45-31-25-40(26-32-45)42-27-33-47-43(35-42)28-34-51-52(47)48-16-8-10-18-50(48)54-51/h1-35H. The first-order valence-electron chi connectivity index (χ1n) is 18.4. The number of anilines is 3. The van der Waals surface area contributed by atoms with Crippen molar-refractivity contribution in [1.29, 1.82) is 0 Å². The van der Waals surface area contributed by atoms with E-state index in [4.69, 9.17) is 4.42 Å². The fourth-order valence-electron chi connectivity index (χ4n) is 7.78. The molecule has 54 heavy (non-hydrogen) atoms. The Morgan fingerprint density at radius 3 is 1.48 bits per heavy atom. The van der Waals surface area contributed by atoms with Gasteiger partial charge in [-0.2, -0.15) is 0 Å². The van der Waals surface area contributed by atoms with Crippen LogP contribution < -0.4 is 4.90 Å². The maximum absolute atomic E-state index is 6.16. The molecule has 0 aliphatic heterocycles. The third-order valence-electron chi connectivity index (χ3n) is 10.5. The second kappa shape index (κ2) is 13.4. The molecule has 1 aromatic heterocycles. The van der Waals surface area contributed by atoms with Crippen molar-refractivity contribution in [3.05, 3.63) is 212 Å². The van der Waals surface area contributed by atoms with Crippen molar-refractivity contribution in [2.45, 2.75) is 0 Å². The Balaban J connectivity index is 1.02. The van der Waals surface area contributed by atoms with Gasteiger partial charge in [-0.25, -0.2) is 0 Å². The fourth-order valence-corrected chi connectivity index (χ4v) is 7.78. The third kappa shape index (κ3) is 5.71. The Hall–Kier alpha value is -7.16. The van der Waals surface area contributed by atoms with Crippen molar-refractivity contribution >= 4 is 49.8 Å². The van der Waals surface area contributed by atoms with Crippen LogP contribution in [-0.2, 0) is 0 Å². The van der Waals surface area contributed by atoms with Crippen LogP contribution in [0.3, 0.4) is 0 Å². The maximum atomic E-state index is 6.16. The topological polar surface area (TPSA) is 16.4 Å². The molecule has 0 fully saturated rings. The SMILES string of the molecule is c1ccc(-c2ccc(-c3ccc(N(c4ccc(-c5ccc6c(ccc7oc8ccccc8c76)c5)cc4)c4ccccc4-c4ccccc4)cc3)cc2)cc1. The molecule has 0 aliphatic rings. The van der Waals surface area contributed by atoms with Gasteiger partial charge in [-0.1, -0.05) is 164 Å². The lowest BCUT2D eigenvalue weighted by molar-refractivity contribution is 0.669. The zero-order chi connectivity index (χ0) is 35.8. The van der Waals surface area contributed by atoms with Crippen LogP contribution in [0.1, 0.15) is 0 Å². The Morgan fingerprint density at radius 1 is 0.315 bits per heavy atom. The summed E-state index contributed by atoms with van der Waals surface area (Å²) in [4.78, 5) is 2.37. The van der Waals surface area contributed by atoms with Gasteiger partial charge in [0.15, 0.2) is 0 Å². The summed E-state index contributed by atoms with van der Waals surface area (Å²) in [6, 6.07) is 75.9. The van der Waals surface area contributed by atoms with Gasteiger partial charge in [-0.15, -0.1) is 0 Å². The normalized spacial score (nSPS) is 11.3. The first-order valence-corrected chi connectivity index (χ1v) is 18.4. The fraction of sp³-hybridized carbons (Fsp3) is 0. The Bertz CT molecular complexity index is 2890. The van der Waals surface area contributed by atoms with Gasteiger partial charge in [0.25, 0.3) is 0 Å². The van der Waals surface area contributed by atoms with E-state index in [2.05, 4.69) is 205 Å². The molecule has 2 heteroatoms. The molecule has 10 rings (SSSR count). The van der Waals surface area contributed by atoms with Gasteiger partial charge in [0.1, 0.15) is 11.2 Å². The van der Waals surface area contributed by atoms with Gasteiger partial charge in [0.2, 0.25) is 0 Å². The monoisotopic (exact) mass is 689 g/mol. The smallest absolute Gasteiger partial charge is 0.136 e. The van der Waals surface area contributed by atoms with E-state index in [0.717, 1.165) is 33.6 Å². The summed E-state index contributed by atoms with van der Waals surface area (Å²) < 4.78 is 6.16. The molecule has 0 N–H and O–H groups in total. The number of para-hydroxylation sites is 2. The quantitative estimate of drug-likeness (QED) is 0.166. The van der Waals surface area contributed by atoms with E-state index >= 15 is 0 Å². The number of rotatable bonds is 7. The Morgan fingerprint density at radius 2 is 0.815 bits per heavy atom. The molecule has 0 spiro atoms. The van der Waals surface area contributed by atoms with Crippen LogP contribution in [0.15, 0.2) is 217 Å². The molecule has 0 aliphatic carbocycles. The van der Waals surface area contributed by atoms with Crippen molar-refractivity contribution in [2.24, 2.45) is 0 Å². The molecule has 0 atom stereocenters. The molecule has 1 heterocycles. The van der Waals surface area contributed by atoms with E-state index in [1.807, 2.05) is 12.1 Å². The summed E-state index contributed by atoms with van der Waals surface area (Å²) in [6.07, 6.45) is 0. The number of benzene rings is 9. The molecule has 0 bridgehead atoms. The summed E-state index contributed by atoms with van der Waals surface area (Å²) >= 11 is 0. The minimum Gasteiger partial charge on any atom is -0.456 e. The van der Waals surface area contributed by atoms with E-state index in [-0.39, 0.29) is 0 Å². The van der Waals surface area contributed by atoms with Crippen molar-refractivity contribution in [3.8, 4) is 44.5 Å². The highest BCUT2D eigenvalue weighted by Crippen LogP contribution is 2.42. The van der Waals surface area contributed by atoms with Gasteiger partial charge in [-0.05, 0) is 98.2 Å². The van der Waals surface area contributed by atoms with E-state index in [0.29, 0.717) is 0 Å². The van der Waals surface area contributed by atoms with Crippen LogP contribution in [0.25, 0.3) is 77.2 Å². The molecule has 9 aromatic carbocycles. The summed E-state index contributed by atoms with van der Waals surface area (Å²) in [5, 5.41) is 4.73. The molecule has 0 saturated heterocycles. The number of nitrogens with zero attached hydrogens (tertiary/aromatic N) is 1. The number of hydrogen-bond acceptors (Lipinski definition) is 2. The van der Waals surface area contributed by atoms with Crippen LogP contribution in [0.4, 0.5) is 17.1 Å². The third-order valence-corrected chi connectivity index (χ3v) is 10.5.